The zero-order chi connectivity index (χ0) is 44.5. The number of nitrogens with two attached hydrogens (primary N) is 1. The predicted octanol–water partition coefficient (Wildman–Crippen LogP) is 7.35. The second kappa shape index (κ2) is 28.4. The van der Waals surface area contributed by atoms with E-state index in [1.165, 1.54) is 37.0 Å². The highest BCUT2D eigenvalue weighted by Crippen LogP contribution is 2.42. The number of hydrogen-bond donors (Lipinski definition) is 4. The van der Waals surface area contributed by atoms with Crippen molar-refractivity contribution < 1.29 is 42.4 Å². The van der Waals surface area contributed by atoms with Crippen LogP contribution in [0.1, 0.15) is 120 Å². The Bertz CT molecular complexity index is 1650. The summed E-state index contributed by atoms with van der Waals surface area (Å²) in [5, 5.41) is 11.8. The van der Waals surface area contributed by atoms with Gasteiger partial charge in [0.15, 0.2) is 0 Å². The fraction of sp³-hybridized carbons (Fsp3) is 0.605. The third kappa shape index (κ3) is 21.1. The van der Waals surface area contributed by atoms with Crippen molar-refractivity contribution in [3.05, 3.63) is 69.2 Å². The number of carbonyl (C=O) groups is 5. The SMILES string of the molecule is CC1CCCN1C(=O)CNC=O.CCCCCCCC1CC1C(=O)NS(=O)Cc1ccc(C)cc1Cl.COC(C)(C)C.NC=O.O=C(O)N1Cc2cccc(CF)c2C1. The Morgan fingerprint density at radius 3 is 2.29 bits per heavy atom. The van der Waals surface area contributed by atoms with Crippen molar-refractivity contribution in [3.63, 3.8) is 0 Å². The first kappa shape index (κ1) is 52.9. The number of rotatable bonds is 14. The van der Waals surface area contributed by atoms with Crippen LogP contribution in [0.5, 0.6) is 0 Å². The number of aryl methyl sites for hydroxylation is 1. The minimum Gasteiger partial charge on any atom is -0.465 e. The van der Waals surface area contributed by atoms with Crippen molar-refractivity contribution in [2.75, 3.05) is 20.2 Å². The number of halogens is 2. The summed E-state index contributed by atoms with van der Waals surface area (Å²) in [6.45, 7) is 13.4. The van der Waals surface area contributed by atoms with Crippen molar-refractivity contribution in [1.82, 2.24) is 19.8 Å². The quantitative estimate of drug-likeness (QED) is 0.112. The average molecular weight is 869 g/mol. The molecule has 59 heavy (non-hydrogen) atoms. The Hall–Kier alpha value is -4.08. The summed E-state index contributed by atoms with van der Waals surface area (Å²) in [7, 11) is 0.301. The van der Waals surface area contributed by atoms with Gasteiger partial charge in [0.05, 0.1) is 24.4 Å². The van der Waals surface area contributed by atoms with E-state index in [0.29, 0.717) is 42.0 Å². The zero-order valence-electron chi connectivity index (χ0n) is 35.9. The van der Waals surface area contributed by atoms with E-state index in [9.17, 15) is 27.8 Å². The molecule has 13 nitrogen and oxygen atoms in total. The number of carbonyl (C=O) groups excluding carboxylic acids is 4. The van der Waals surface area contributed by atoms with Gasteiger partial charge in [0.25, 0.3) is 0 Å². The first-order valence-electron chi connectivity index (χ1n) is 20.2. The molecule has 2 fully saturated rings. The van der Waals surface area contributed by atoms with Crippen molar-refractivity contribution in [3.8, 4) is 0 Å². The van der Waals surface area contributed by atoms with E-state index >= 15 is 0 Å². The number of fused-ring (bicyclic) bond motifs is 1. The highest BCUT2D eigenvalue weighted by molar-refractivity contribution is 7.82. The number of benzene rings is 2. The van der Waals surface area contributed by atoms with Gasteiger partial charge in [-0.3, -0.25) is 28.8 Å². The molecule has 2 aliphatic heterocycles. The lowest BCUT2D eigenvalue weighted by Crippen LogP contribution is -2.39. The molecule has 2 aromatic rings. The van der Waals surface area contributed by atoms with E-state index in [0.717, 1.165) is 54.5 Å². The van der Waals surface area contributed by atoms with Crippen LogP contribution in [0.15, 0.2) is 36.4 Å². The summed E-state index contributed by atoms with van der Waals surface area (Å²) in [4.78, 5) is 55.8. The fourth-order valence-corrected chi connectivity index (χ4v) is 7.68. The number of methoxy groups -OCH3 is 1. The topological polar surface area (TPSA) is 188 Å². The Labute approximate surface area is 357 Å². The second-order valence-electron chi connectivity index (χ2n) is 15.7. The lowest BCUT2D eigenvalue weighted by molar-refractivity contribution is -0.131. The summed E-state index contributed by atoms with van der Waals surface area (Å²) in [6, 6.07) is 11.3. The molecular weight excluding hydrogens is 801 g/mol. The number of amides is 5. The van der Waals surface area contributed by atoms with Gasteiger partial charge in [-0.25, -0.2) is 13.4 Å². The maximum atomic E-state index is 12.5. The number of unbranched alkanes of at least 4 members (excludes halogenated alkanes) is 4. The summed E-state index contributed by atoms with van der Waals surface area (Å²) in [5.74, 6) is 0.779. The van der Waals surface area contributed by atoms with Crippen LogP contribution in [0.3, 0.4) is 0 Å². The van der Waals surface area contributed by atoms with Gasteiger partial charge in [-0.2, -0.15) is 0 Å². The van der Waals surface area contributed by atoms with Crippen LogP contribution in [-0.4, -0.2) is 81.7 Å². The number of likely N-dealkylation sites (tertiary alicyclic amines) is 1. The van der Waals surface area contributed by atoms with Crippen molar-refractivity contribution in [2.24, 2.45) is 17.6 Å². The van der Waals surface area contributed by atoms with Crippen LogP contribution in [0.25, 0.3) is 0 Å². The molecule has 2 heterocycles. The Morgan fingerprint density at radius 1 is 1.08 bits per heavy atom. The normalized spacial score (nSPS) is 17.7. The second-order valence-corrected chi connectivity index (χ2v) is 17.3. The van der Waals surface area contributed by atoms with Gasteiger partial charge in [0.2, 0.25) is 24.6 Å². The molecule has 0 spiro atoms. The van der Waals surface area contributed by atoms with Gasteiger partial charge in [0.1, 0.15) is 17.7 Å². The van der Waals surface area contributed by atoms with E-state index in [1.807, 2.05) is 63.8 Å². The third-order valence-electron chi connectivity index (χ3n) is 9.96. The van der Waals surface area contributed by atoms with Crippen LogP contribution in [0, 0.1) is 18.8 Å². The molecule has 0 aromatic heterocycles. The molecule has 0 bridgehead atoms. The maximum absolute atomic E-state index is 12.5. The first-order chi connectivity index (χ1) is 28.0. The minimum absolute atomic E-state index is 0.0205. The molecule has 2 aromatic carbocycles. The molecule has 1 saturated heterocycles. The largest absolute Gasteiger partial charge is 0.465 e. The average Bonchev–Trinajstić information content (AvgIpc) is 3.60. The molecule has 4 atom stereocenters. The number of nitrogens with one attached hydrogen (secondary N) is 2. The van der Waals surface area contributed by atoms with Crippen LogP contribution in [0.4, 0.5) is 9.18 Å². The van der Waals surface area contributed by atoms with Gasteiger partial charge in [0, 0.05) is 37.2 Å². The lowest BCUT2D eigenvalue weighted by atomic mass is 10.0. The zero-order valence-corrected chi connectivity index (χ0v) is 37.5. The molecule has 5 amide bonds. The van der Waals surface area contributed by atoms with Gasteiger partial charge in [-0.05, 0) is 100 Å². The predicted molar refractivity (Wildman–Crippen MR) is 231 cm³/mol. The Morgan fingerprint density at radius 2 is 1.75 bits per heavy atom. The van der Waals surface area contributed by atoms with E-state index < -0.39 is 23.8 Å². The number of alkyl halides is 1. The van der Waals surface area contributed by atoms with Gasteiger partial charge in [-0.15, -0.1) is 0 Å². The van der Waals surface area contributed by atoms with Crippen LogP contribution >= 0.6 is 11.6 Å². The fourth-order valence-electron chi connectivity index (χ4n) is 6.32. The maximum Gasteiger partial charge on any atom is 0.407 e. The molecule has 1 saturated carbocycles. The van der Waals surface area contributed by atoms with Crippen molar-refractivity contribution in [1.29, 1.82) is 0 Å². The van der Waals surface area contributed by atoms with E-state index in [2.05, 4.69) is 22.7 Å². The van der Waals surface area contributed by atoms with Crippen molar-refractivity contribution in [2.45, 2.75) is 136 Å². The van der Waals surface area contributed by atoms with Crippen LogP contribution in [0.2, 0.25) is 5.02 Å². The number of hydrogen-bond acceptors (Lipinski definition) is 7. The first-order valence-corrected chi connectivity index (χ1v) is 21.9. The lowest BCUT2D eigenvalue weighted by Gasteiger charge is -2.20. The third-order valence-corrected chi connectivity index (χ3v) is 11.3. The highest BCUT2D eigenvalue weighted by atomic mass is 35.5. The Kier molecular flexibility index (Phi) is 25.5. The summed E-state index contributed by atoms with van der Waals surface area (Å²) >= 11 is 6.15. The van der Waals surface area contributed by atoms with Crippen LogP contribution in [-0.2, 0) is 60.4 Å². The minimum atomic E-state index is -1.41. The van der Waals surface area contributed by atoms with Crippen LogP contribution < -0.4 is 15.8 Å². The molecule has 4 unspecified atom stereocenters. The molecule has 0 radical (unpaired) electrons. The van der Waals surface area contributed by atoms with Crippen molar-refractivity contribution >= 4 is 53.3 Å². The number of carboxylic acid groups (broad SMARTS) is 1. The highest BCUT2D eigenvalue weighted by Gasteiger charge is 2.42. The number of ether oxygens (including phenoxy) is 1. The molecule has 1 aliphatic carbocycles. The number of nitrogens with zero attached hydrogens (tertiary/aromatic N) is 2. The van der Waals surface area contributed by atoms with Gasteiger partial charge >= 0.3 is 6.09 Å². The van der Waals surface area contributed by atoms with E-state index in [4.69, 9.17) is 26.2 Å². The monoisotopic (exact) mass is 867 g/mol. The van der Waals surface area contributed by atoms with Gasteiger partial charge < -0.3 is 25.8 Å². The summed E-state index contributed by atoms with van der Waals surface area (Å²) in [6.07, 6.45) is 10.4. The summed E-state index contributed by atoms with van der Waals surface area (Å²) < 4.78 is 32.3. The molecular formula is C43H67ClFN5O8S. The summed E-state index contributed by atoms with van der Waals surface area (Å²) in [5.41, 5.74) is 8.44. The molecule has 5 N–H and O–H groups in total. The van der Waals surface area contributed by atoms with E-state index in [-0.39, 0.29) is 42.0 Å². The number of primary amides is 1. The van der Waals surface area contributed by atoms with Gasteiger partial charge in [-0.1, -0.05) is 81.0 Å². The standard InChI is InChI=1S/C19H28ClNO2S.C10H10FNO2.C8H14N2O2.C5H12O.CH3NO/c1-3-4-5-6-7-8-15-12-17(15)19(22)21-24(23)13-16-10-9-14(2)11-18(16)20;11-4-7-2-1-3-8-5-12(10(13)14)6-9(7)8;1-7-3-2-4-10(7)8(12)5-9-6-11;1-5(2,3)6-4;2-1-3/h9-11,15,17H,3-8,12-13H2,1-2H3,(H,21,22);1-3H,4-6H2,(H,13,14);6-7H,2-5H2,1H3,(H,9,11);1-4H3;1H,(H2,2,3). The molecule has 5 rings (SSSR count). The van der Waals surface area contributed by atoms with E-state index in [1.54, 1.807) is 19.2 Å². The Balaban J connectivity index is 0.000000423. The molecule has 332 valence electrons. The molecule has 16 heteroatoms. The smallest absolute Gasteiger partial charge is 0.407 e. The molecule has 3 aliphatic rings.